The van der Waals surface area contributed by atoms with Crippen molar-refractivity contribution in [3.63, 3.8) is 0 Å². The first kappa shape index (κ1) is 13.4. The van der Waals surface area contributed by atoms with Crippen molar-refractivity contribution < 1.29 is 8.42 Å². The summed E-state index contributed by atoms with van der Waals surface area (Å²) in [5.74, 6) is -0.110. The van der Waals surface area contributed by atoms with Crippen LogP contribution in [0.2, 0.25) is 0 Å². The molecule has 0 saturated heterocycles. The molecule has 0 aliphatic rings. The lowest BCUT2D eigenvalue weighted by molar-refractivity contribution is 0.600. The van der Waals surface area contributed by atoms with Crippen molar-refractivity contribution >= 4 is 32.3 Å². The average Bonchev–Trinajstić information content (AvgIpc) is 2.90. The predicted molar refractivity (Wildman–Crippen MR) is 83.2 cm³/mol. The van der Waals surface area contributed by atoms with Crippen LogP contribution in [0.5, 0.6) is 0 Å². The third-order valence-electron chi connectivity index (χ3n) is 3.09. The first-order valence-corrected chi connectivity index (χ1v) is 7.96. The van der Waals surface area contributed by atoms with Crippen molar-refractivity contribution in [3.05, 3.63) is 54.2 Å². The Balaban J connectivity index is 1.86. The second-order valence-corrected chi connectivity index (χ2v) is 6.46. The summed E-state index contributed by atoms with van der Waals surface area (Å²) in [6, 6.07) is 12.1. The number of nitrogens with two attached hydrogens (primary N) is 1. The molecule has 1 heterocycles. The van der Waals surface area contributed by atoms with E-state index in [-0.39, 0.29) is 5.75 Å². The molecule has 1 aromatic heterocycles. The Labute approximate surface area is 122 Å². The summed E-state index contributed by atoms with van der Waals surface area (Å²) in [7, 11) is -3.50. The molecule has 0 aliphatic heterocycles. The number of aromatic amines is 1. The minimum Gasteiger partial charge on any atom is -0.399 e. The maximum atomic E-state index is 12.2. The Kier molecular flexibility index (Phi) is 3.26. The van der Waals surface area contributed by atoms with Gasteiger partial charge in [0.05, 0.1) is 23.2 Å². The van der Waals surface area contributed by atoms with Gasteiger partial charge in [-0.25, -0.2) is 8.42 Å². The van der Waals surface area contributed by atoms with Crippen LogP contribution in [0.3, 0.4) is 0 Å². The summed E-state index contributed by atoms with van der Waals surface area (Å²) in [6.07, 6.45) is 1.59. The summed E-state index contributed by atoms with van der Waals surface area (Å²) in [4.78, 5) is 0. The first-order chi connectivity index (χ1) is 10.0. The molecule has 0 radical (unpaired) electrons. The van der Waals surface area contributed by atoms with Crippen LogP contribution in [-0.4, -0.2) is 18.6 Å². The summed E-state index contributed by atoms with van der Waals surface area (Å²) in [5, 5.41) is 7.45. The van der Waals surface area contributed by atoms with Gasteiger partial charge in [-0.05, 0) is 29.8 Å². The number of fused-ring (bicyclic) bond motifs is 1. The van der Waals surface area contributed by atoms with E-state index in [4.69, 9.17) is 5.73 Å². The molecule has 0 fully saturated rings. The zero-order chi connectivity index (χ0) is 14.9. The molecular formula is C14H14N4O2S. The molecule has 0 amide bonds. The average molecular weight is 302 g/mol. The number of benzene rings is 2. The second kappa shape index (κ2) is 5.10. The molecule has 0 bridgehead atoms. The van der Waals surface area contributed by atoms with Crippen LogP contribution < -0.4 is 10.5 Å². The topological polar surface area (TPSA) is 101 Å². The van der Waals surface area contributed by atoms with Crippen LogP contribution in [0.4, 0.5) is 11.4 Å². The highest BCUT2D eigenvalue weighted by molar-refractivity contribution is 7.91. The van der Waals surface area contributed by atoms with E-state index in [0.29, 0.717) is 16.9 Å². The Morgan fingerprint density at radius 3 is 2.67 bits per heavy atom. The highest BCUT2D eigenvalue weighted by Crippen LogP contribution is 2.23. The molecule has 0 aliphatic carbocycles. The number of sulfonamides is 1. The quantitative estimate of drug-likeness (QED) is 0.642. The van der Waals surface area contributed by atoms with Crippen LogP contribution in [0.25, 0.3) is 10.9 Å². The number of hydrogen-bond acceptors (Lipinski definition) is 4. The largest absolute Gasteiger partial charge is 0.399 e. The highest BCUT2D eigenvalue weighted by Gasteiger charge is 2.13. The van der Waals surface area contributed by atoms with Crippen LogP contribution in [-0.2, 0) is 15.8 Å². The third-order valence-corrected chi connectivity index (χ3v) is 4.33. The van der Waals surface area contributed by atoms with Gasteiger partial charge in [-0.15, -0.1) is 0 Å². The van der Waals surface area contributed by atoms with Crippen LogP contribution in [0.1, 0.15) is 5.56 Å². The number of rotatable bonds is 4. The van der Waals surface area contributed by atoms with Gasteiger partial charge in [-0.2, -0.15) is 5.10 Å². The molecule has 7 heteroatoms. The number of nitrogens with one attached hydrogen (secondary N) is 2. The Bertz CT molecular complexity index is 869. The maximum absolute atomic E-state index is 12.2. The molecule has 108 valence electrons. The van der Waals surface area contributed by atoms with Gasteiger partial charge < -0.3 is 5.73 Å². The second-order valence-electron chi connectivity index (χ2n) is 4.74. The van der Waals surface area contributed by atoms with Gasteiger partial charge in [0.2, 0.25) is 10.0 Å². The summed E-state index contributed by atoms with van der Waals surface area (Å²) in [5.41, 5.74) is 8.16. The van der Waals surface area contributed by atoms with Gasteiger partial charge in [-0.1, -0.05) is 18.2 Å². The number of nitrogen functional groups attached to an aromatic ring is 1. The predicted octanol–water partition coefficient (Wildman–Crippen LogP) is 2.09. The zero-order valence-corrected chi connectivity index (χ0v) is 11.9. The molecule has 6 nitrogen and oxygen atoms in total. The maximum Gasteiger partial charge on any atom is 0.236 e. The fourth-order valence-electron chi connectivity index (χ4n) is 2.09. The molecular weight excluding hydrogens is 288 g/mol. The van der Waals surface area contributed by atoms with Gasteiger partial charge in [0.25, 0.3) is 0 Å². The molecule has 4 N–H and O–H groups in total. The van der Waals surface area contributed by atoms with E-state index in [1.807, 2.05) is 6.07 Å². The molecule has 3 aromatic rings. The van der Waals surface area contributed by atoms with Crippen molar-refractivity contribution in [1.29, 1.82) is 0 Å². The molecule has 0 atom stereocenters. The minimum atomic E-state index is -3.50. The molecule has 21 heavy (non-hydrogen) atoms. The van der Waals surface area contributed by atoms with E-state index in [1.165, 1.54) is 0 Å². The van der Waals surface area contributed by atoms with E-state index in [9.17, 15) is 8.42 Å². The third kappa shape index (κ3) is 2.97. The Morgan fingerprint density at radius 1 is 1.14 bits per heavy atom. The van der Waals surface area contributed by atoms with Gasteiger partial charge in [-0.3, -0.25) is 9.82 Å². The van der Waals surface area contributed by atoms with Crippen molar-refractivity contribution in [3.8, 4) is 0 Å². The molecule has 3 rings (SSSR count). The lowest BCUT2D eigenvalue weighted by Crippen LogP contribution is -2.15. The summed E-state index contributed by atoms with van der Waals surface area (Å²) >= 11 is 0. The van der Waals surface area contributed by atoms with Gasteiger partial charge in [0, 0.05) is 11.1 Å². The van der Waals surface area contributed by atoms with Crippen molar-refractivity contribution in [2.24, 2.45) is 0 Å². The normalized spacial score (nSPS) is 11.6. The molecule has 0 saturated carbocycles. The Morgan fingerprint density at radius 2 is 1.90 bits per heavy atom. The monoisotopic (exact) mass is 302 g/mol. The summed E-state index contributed by atoms with van der Waals surface area (Å²) in [6.45, 7) is 0. The molecule has 2 aromatic carbocycles. The van der Waals surface area contributed by atoms with Gasteiger partial charge >= 0.3 is 0 Å². The zero-order valence-electron chi connectivity index (χ0n) is 11.1. The van der Waals surface area contributed by atoms with E-state index in [1.54, 1.807) is 42.6 Å². The van der Waals surface area contributed by atoms with Gasteiger partial charge in [0.15, 0.2) is 0 Å². The smallest absolute Gasteiger partial charge is 0.236 e. The van der Waals surface area contributed by atoms with E-state index < -0.39 is 10.0 Å². The van der Waals surface area contributed by atoms with Crippen molar-refractivity contribution in [2.45, 2.75) is 5.75 Å². The van der Waals surface area contributed by atoms with E-state index in [2.05, 4.69) is 14.9 Å². The number of aromatic nitrogens is 2. The van der Waals surface area contributed by atoms with Crippen LogP contribution in [0, 0.1) is 0 Å². The molecule has 0 unspecified atom stereocenters. The summed E-state index contributed by atoms with van der Waals surface area (Å²) < 4.78 is 27.1. The van der Waals surface area contributed by atoms with E-state index >= 15 is 0 Å². The molecule has 0 spiro atoms. The first-order valence-electron chi connectivity index (χ1n) is 6.30. The fraction of sp³-hybridized carbons (Fsp3) is 0.0714. The van der Waals surface area contributed by atoms with E-state index in [0.717, 1.165) is 10.9 Å². The minimum absolute atomic E-state index is 0.110. The lowest BCUT2D eigenvalue weighted by atomic mass is 10.2. The standard InChI is InChI=1S/C14H14N4O2S/c15-11-6-4-10(5-7-11)9-21(19,20)18-14-3-1-2-13-12(14)8-16-17-13/h1-8,18H,9,15H2,(H,16,17). The highest BCUT2D eigenvalue weighted by atomic mass is 32.2. The number of nitrogens with zero attached hydrogens (tertiary/aromatic N) is 1. The number of anilines is 2. The Hall–Kier alpha value is -2.54. The fourth-order valence-corrected chi connectivity index (χ4v) is 3.31. The number of H-pyrrole nitrogens is 1. The van der Waals surface area contributed by atoms with Crippen LogP contribution >= 0.6 is 0 Å². The lowest BCUT2D eigenvalue weighted by Gasteiger charge is -2.09. The number of hydrogen-bond donors (Lipinski definition) is 3. The van der Waals surface area contributed by atoms with Crippen molar-refractivity contribution in [1.82, 2.24) is 10.2 Å². The van der Waals surface area contributed by atoms with Crippen molar-refractivity contribution in [2.75, 3.05) is 10.5 Å². The van der Waals surface area contributed by atoms with Gasteiger partial charge in [0.1, 0.15) is 0 Å². The SMILES string of the molecule is Nc1ccc(CS(=O)(=O)Nc2cccc3[nH]ncc23)cc1. The van der Waals surface area contributed by atoms with Crippen LogP contribution in [0.15, 0.2) is 48.7 Å².